The summed E-state index contributed by atoms with van der Waals surface area (Å²) >= 11 is 0. The summed E-state index contributed by atoms with van der Waals surface area (Å²) in [6.45, 7) is 5.03. The quantitative estimate of drug-likeness (QED) is 0.909. The van der Waals surface area contributed by atoms with Gasteiger partial charge < -0.3 is 9.88 Å². The van der Waals surface area contributed by atoms with E-state index in [4.69, 9.17) is 5.26 Å². The molecule has 2 aromatic rings. The zero-order chi connectivity index (χ0) is 13.8. The highest BCUT2D eigenvalue weighted by atomic mass is 14.9. The van der Waals surface area contributed by atoms with Crippen LogP contribution in [0, 0.1) is 18.3 Å². The fourth-order valence-electron chi connectivity index (χ4n) is 2.17. The molecule has 3 nitrogen and oxygen atoms in total. The molecule has 19 heavy (non-hydrogen) atoms. The van der Waals surface area contributed by atoms with E-state index in [1.165, 1.54) is 11.1 Å². The summed E-state index contributed by atoms with van der Waals surface area (Å²) in [5.74, 6) is 0. The summed E-state index contributed by atoms with van der Waals surface area (Å²) in [4.78, 5) is 0. The van der Waals surface area contributed by atoms with E-state index in [1.54, 1.807) is 0 Å². The summed E-state index contributed by atoms with van der Waals surface area (Å²) in [6.07, 6.45) is 1.99. The lowest BCUT2D eigenvalue weighted by atomic mass is 10.1. The fourth-order valence-corrected chi connectivity index (χ4v) is 2.17. The maximum Gasteiger partial charge on any atom is 0.120 e. The molecule has 1 heterocycles. The van der Waals surface area contributed by atoms with Crippen LogP contribution in [-0.4, -0.2) is 4.57 Å². The Morgan fingerprint density at radius 3 is 2.79 bits per heavy atom. The SMILES string of the molecule is Cc1cccc([C@H](C)NCc2cc(C#N)n(C)c2)c1. The molecule has 0 saturated carbocycles. The molecule has 0 spiro atoms. The Hall–Kier alpha value is -2.05. The Kier molecular flexibility index (Phi) is 4.03. The van der Waals surface area contributed by atoms with Gasteiger partial charge in [0.2, 0.25) is 0 Å². The number of nitriles is 1. The number of hydrogen-bond acceptors (Lipinski definition) is 2. The van der Waals surface area contributed by atoms with Crippen LogP contribution < -0.4 is 5.32 Å². The molecular formula is C16H19N3. The number of nitrogens with zero attached hydrogens (tertiary/aromatic N) is 2. The molecule has 3 heteroatoms. The minimum atomic E-state index is 0.297. The van der Waals surface area contributed by atoms with Gasteiger partial charge in [-0.25, -0.2) is 0 Å². The Morgan fingerprint density at radius 2 is 2.16 bits per heavy atom. The summed E-state index contributed by atoms with van der Waals surface area (Å²) < 4.78 is 1.86. The molecule has 0 bridgehead atoms. The number of aryl methyl sites for hydroxylation is 2. The van der Waals surface area contributed by atoms with E-state index in [0.29, 0.717) is 11.7 Å². The van der Waals surface area contributed by atoms with Crippen LogP contribution in [0.15, 0.2) is 36.5 Å². The van der Waals surface area contributed by atoms with Gasteiger partial charge in [-0.15, -0.1) is 0 Å². The van der Waals surface area contributed by atoms with Crippen molar-refractivity contribution in [3.05, 3.63) is 58.9 Å². The van der Waals surface area contributed by atoms with Gasteiger partial charge in [-0.05, 0) is 31.0 Å². The van der Waals surface area contributed by atoms with Crippen molar-refractivity contribution < 1.29 is 0 Å². The molecule has 0 fully saturated rings. The number of rotatable bonds is 4. The topological polar surface area (TPSA) is 40.8 Å². The monoisotopic (exact) mass is 253 g/mol. The number of benzene rings is 1. The second-order valence-corrected chi connectivity index (χ2v) is 4.97. The zero-order valence-electron chi connectivity index (χ0n) is 11.6. The van der Waals surface area contributed by atoms with E-state index in [0.717, 1.165) is 12.1 Å². The first-order valence-electron chi connectivity index (χ1n) is 6.45. The van der Waals surface area contributed by atoms with Gasteiger partial charge in [0.15, 0.2) is 0 Å². The van der Waals surface area contributed by atoms with Gasteiger partial charge in [-0.3, -0.25) is 0 Å². The van der Waals surface area contributed by atoms with Crippen LogP contribution >= 0.6 is 0 Å². The zero-order valence-corrected chi connectivity index (χ0v) is 11.6. The maximum absolute atomic E-state index is 8.93. The lowest BCUT2D eigenvalue weighted by Gasteiger charge is -2.14. The number of aromatic nitrogens is 1. The predicted molar refractivity (Wildman–Crippen MR) is 76.6 cm³/mol. The van der Waals surface area contributed by atoms with Gasteiger partial charge in [0.25, 0.3) is 0 Å². The van der Waals surface area contributed by atoms with Crippen LogP contribution in [0.5, 0.6) is 0 Å². The van der Waals surface area contributed by atoms with E-state index >= 15 is 0 Å². The lowest BCUT2D eigenvalue weighted by Crippen LogP contribution is -2.17. The molecule has 98 valence electrons. The Morgan fingerprint density at radius 1 is 1.37 bits per heavy atom. The van der Waals surface area contributed by atoms with Crippen molar-refractivity contribution >= 4 is 0 Å². The van der Waals surface area contributed by atoms with Gasteiger partial charge in [-0.2, -0.15) is 5.26 Å². The van der Waals surface area contributed by atoms with E-state index in [-0.39, 0.29) is 0 Å². The summed E-state index contributed by atoms with van der Waals surface area (Å²) in [5.41, 5.74) is 4.40. The van der Waals surface area contributed by atoms with Gasteiger partial charge in [0.05, 0.1) is 0 Å². The average molecular weight is 253 g/mol. The Balaban J connectivity index is 2.00. The third-order valence-electron chi connectivity index (χ3n) is 3.33. The van der Waals surface area contributed by atoms with Crippen molar-refractivity contribution in [2.75, 3.05) is 0 Å². The van der Waals surface area contributed by atoms with Crippen molar-refractivity contribution in [3.63, 3.8) is 0 Å². The van der Waals surface area contributed by atoms with Crippen LogP contribution in [0.25, 0.3) is 0 Å². The van der Waals surface area contributed by atoms with Crippen molar-refractivity contribution in [1.82, 2.24) is 9.88 Å². The molecule has 2 rings (SSSR count). The molecule has 1 aromatic heterocycles. The molecule has 1 N–H and O–H groups in total. The molecule has 1 atom stereocenters. The van der Waals surface area contributed by atoms with Gasteiger partial charge in [0.1, 0.15) is 11.8 Å². The van der Waals surface area contributed by atoms with Crippen LogP contribution in [0.2, 0.25) is 0 Å². The number of nitrogens with one attached hydrogen (secondary N) is 1. The molecular weight excluding hydrogens is 234 g/mol. The predicted octanol–water partition coefficient (Wildman–Crippen LogP) is 3.06. The summed E-state index contributed by atoms with van der Waals surface area (Å²) in [6, 6.07) is 12.9. The first-order chi connectivity index (χ1) is 9.10. The van der Waals surface area contributed by atoms with Gasteiger partial charge in [0, 0.05) is 25.8 Å². The summed E-state index contributed by atoms with van der Waals surface area (Å²) in [7, 11) is 1.89. The Labute approximate surface area is 114 Å². The van der Waals surface area contributed by atoms with E-state index in [9.17, 15) is 0 Å². The third-order valence-corrected chi connectivity index (χ3v) is 3.33. The highest BCUT2D eigenvalue weighted by Crippen LogP contribution is 2.15. The normalized spacial score (nSPS) is 12.1. The van der Waals surface area contributed by atoms with E-state index in [1.807, 2.05) is 23.9 Å². The van der Waals surface area contributed by atoms with Crippen LogP contribution in [0.4, 0.5) is 0 Å². The first-order valence-corrected chi connectivity index (χ1v) is 6.45. The highest BCUT2D eigenvalue weighted by Gasteiger charge is 2.07. The largest absolute Gasteiger partial charge is 0.342 e. The molecule has 0 radical (unpaired) electrons. The smallest absolute Gasteiger partial charge is 0.120 e. The van der Waals surface area contributed by atoms with Crippen LogP contribution in [0.1, 0.15) is 35.3 Å². The van der Waals surface area contributed by atoms with Crippen molar-refractivity contribution in [1.29, 1.82) is 5.26 Å². The minimum Gasteiger partial charge on any atom is -0.342 e. The molecule has 0 aliphatic heterocycles. The average Bonchev–Trinajstić information content (AvgIpc) is 2.76. The van der Waals surface area contributed by atoms with Crippen molar-refractivity contribution in [2.45, 2.75) is 26.4 Å². The molecule has 0 unspecified atom stereocenters. The highest BCUT2D eigenvalue weighted by molar-refractivity contribution is 5.29. The van der Waals surface area contributed by atoms with Crippen LogP contribution in [-0.2, 0) is 13.6 Å². The second-order valence-electron chi connectivity index (χ2n) is 4.97. The lowest BCUT2D eigenvalue weighted by molar-refractivity contribution is 0.574. The standard InChI is InChI=1S/C16H19N3/c1-12-5-4-6-15(7-12)13(2)18-10-14-8-16(9-17)19(3)11-14/h4-8,11,13,18H,10H2,1-3H3/t13-/m0/s1. The van der Waals surface area contributed by atoms with Gasteiger partial charge in [-0.1, -0.05) is 29.8 Å². The molecule has 0 saturated heterocycles. The summed E-state index contributed by atoms with van der Waals surface area (Å²) in [5, 5.41) is 12.4. The van der Waals surface area contributed by atoms with Gasteiger partial charge >= 0.3 is 0 Å². The molecule has 0 amide bonds. The number of hydrogen-bond donors (Lipinski definition) is 1. The van der Waals surface area contributed by atoms with Crippen molar-refractivity contribution in [2.24, 2.45) is 7.05 Å². The first kappa shape index (κ1) is 13.4. The molecule has 0 aliphatic rings. The van der Waals surface area contributed by atoms with Crippen LogP contribution in [0.3, 0.4) is 0 Å². The van der Waals surface area contributed by atoms with E-state index < -0.39 is 0 Å². The third kappa shape index (κ3) is 3.24. The van der Waals surface area contributed by atoms with Crippen molar-refractivity contribution in [3.8, 4) is 6.07 Å². The maximum atomic E-state index is 8.93. The van der Waals surface area contributed by atoms with E-state index in [2.05, 4.69) is 49.5 Å². The molecule has 0 aliphatic carbocycles. The molecule has 1 aromatic carbocycles. The fraction of sp³-hybridized carbons (Fsp3) is 0.312. The second kappa shape index (κ2) is 5.73. The minimum absolute atomic E-state index is 0.297. The Bertz CT molecular complexity index is 605.